The van der Waals surface area contributed by atoms with Crippen LogP contribution in [0.5, 0.6) is 0 Å². The first-order chi connectivity index (χ1) is 12.2. The molecule has 0 atom stereocenters. The van der Waals surface area contributed by atoms with Crippen LogP contribution in [-0.4, -0.2) is 9.55 Å². The van der Waals surface area contributed by atoms with Crippen molar-refractivity contribution in [2.45, 2.75) is 6.54 Å². The summed E-state index contributed by atoms with van der Waals surface area (Å²) in [7, 11) is 0. The summed E-state index contributed by atoms with van der Waals surface area (Å²) < 4.78 is 1.77. The molecule has 122 valence electrons. The Balaban J connectivity index is 1.97. The minimum Gasteiger partial charge on any atom is -0.300 e. The number of para-hydroxylation sites is 2. The van der Waals surface area contributed by atoms with E-state index in [1.807, 2.05) is 66.7 Å². The quantitative estimate of drug-likeness (QED) is 0.536. The summed E-state index contributed by atoms with van der Waals surface area (Å²) in [6.45, 7) is 0.496. The summed E-state index contributed by atoms with van der Waals surface area (Å²) in [5.41, 5.74) is 3.69. The van der Waals surface area contributed by atoms with Crippen molar-refractivity contribution in [2.24, 2.45) is 0 Å². The second-order valence-electron chi connectivity index (χ2n) is 5.84. The van der Waals surface area contributed by atoms with Gasteiger partial charge in [0.15, 0.2) is 0 Å². The van der Waals surface area contributed by atoms with Gasteiger partial charge >= 0.3 is 0 Å². The van der Waals surface area contributed by atoms with Crippen molar-refractivity contribution in [1.82, 2.24) is 9.55 Å². The Labute approximate surface area is 150 Å². The fourth-order valence-electron chi connectivity index (χ4n) is 2.94. The first-order valence-corrected chi connectivity index (χ1v) is 8.39. The zero-order valence-corrected chi connectivity index (χ0v) is 14.1. The lowest BCUT2D eigenvalue weighted by atomic mass is 10.1. The number of benzene rings is 3. The molecule has 0 aliphatic carbocycles. The maximum Gasteiger partial charge on any atom is 0.277 e. The molecule has 0 radical (unpaired) electrons. The van der Waals surface area contributed by atoms with Gasteiger partial charge in [0.25, 0.3) is 5.56 Å². The number of aromatic nitrogens is 2. The molecule has 0 bridgehead atoms. The molecule has 0 N–H and O–H groups in total. The molecule has 4 aromatic rings. The van der Waals surface area contributed by atoms with Crippen LogP contribution in [0.1, 0.15) is 5.56 Å². The van der Waals surface area contributed by atoms with Crippen LogP contribution in [-0.2, 0) is 6.54 Å². The maximum atomic E-state index is 13.2. The highest BCUT2D eigenvalue weighted by atomic mass is 35.5. The van der Waals surface area contributed by atoms with E-state index in [0.717, 1.165) is 22.2 Å². The second kappa shape index (κ2) is 6.54. The lowest BCUT2D eigenvalue weighted by Crippen LogP contribution is -2.24. The summed E-state index contributed by atoms with van der Waals surface area (Å²) in [6.07, 6.45) is 0. The number of halogens is 1. The lowest BCUT2D eigenvalue weighted by molar-refractivity contribution is 0.789. The van der Waals surface area contributed by atoms with Gasteiger partial charge in [0, 0.05) is 10.6 Å². The molecular weight excluding hydrogens is 332 g/mol. The average Bonchev–Trinajstić information content (AvgIpc) is 2.65. The van der Waals surface area contributed by atoms with Crippen LogP contribution < -0.4 is 5.56 Å². The molecule has 0 amide bonds. The van der Waals surface area contributed by atoms with E-state index in [4.69, 9.17) is 11.6 Å². The molecule has 0 aliphatic heterocycles. The molecule has 0 spiro atoms. The standard InChI is InChI=1S/C21H15ClN2O/c22-17-10-6-9-16(13-17)20-21(25)24(14-15-7-2-1-3-8-15)19-12-5-4-11-18(19)23-20/h1-13H,14H2. The highest BCUT2D eigenvalue weighted by Gasteiger charge is 2.13. The SMILES string of the molecule is O=c1c(-c2cccc(Cl)c2)nc2ccccc2n1Cc1ccccc1. The maximum absolute atomic E-state index is 13.2. The normalized spacial score (nSPS) is 10.9. The van der Waals surface area contributed by atoms with E-state index in [-0.39, 0.29) is 5.56 Å². The Morgan fingerprint density at radius 2 is 1.64 bits per heavy atom. The summed E-state index contributed by atoms with van der Waals surface area (Å²) in [6, 6.07) is 24.9. The Hall–Kier alpha value is -2.91. The fraction of sp³-hybridized carbons (Fsp3) is 0.0476. The van der Waals surface area contributed by atoms with E-state index in [1.165, 1.54) is 0 Å². The zero-order chi connectivity index (χ0) is 17.2. The van der Waals surface area contributed by atoms with Crippen molar-refractivity contribution in [3.05, 3.63) is 99.8 Å². The molecule has 4 heteroatoms. The van der Waals surface area contributed by atoms with Crippen LogP contribution >= 0.6 is 11.6 Å². The average molecular weight is 347 g/mol. The van der Waals surface area contributed by atoms with Gasteiger partial charge in [0.2, 0.25) is 0 Å². The van der Waals surface area contributed by atoms with Crippen molar-refractivity contribution in [1.29, 1.82) is 0 Å². The van der Waals surface area contributed by atoms with Crippen LogP contribution in [0.25, 0.3) is 22.3 Å². The monoisotopic (exact) mass is 346 g/mol. The first-order valence-electron chi connectivity index (χ1n) is 8.02. The Kier molecular flexibility index (Phi) is 4.08. The topological polar surface area (TPSA) is 34.9 Å². The zero-order valence-electron chi connectivity index (χ0n) is 13.4. The number of fused-ring (bicyclic) bond motifs is 1. The number of hydrogen-bond donors (Lipinski definition) is 0. The van der Waals surface area contributed by atoms with Crippen LogP contribution in [0.3, 0.4) is 0 Å². The van der Waals surface area contributed by atoms with Crippen LogP contribution in [0, 0.1) is 0 Å². The predicted molar refractivity (Wildman–Crippen MR) is 102 cm³/mol. The molecule has 3 aromatic carbocycles. The van der Waals surface area contributed by atoms with E-state index in [1.54, 1.807) is 16.7 Å². The molecule has 0 aliphatic rings. The summed E-state index contributed by atoms with van der Waals surface area (Å²) in [5.74, 6) is 0. The van der Waals surface area contributed by atoms with Gasteiger partial charge < -0.3 is 4.57 Å². The van der Waals surface area contributed by atoms with Crippen molar-refractivity contribution < 1.29 is 0 Å². The minimum absolute atomic E-state index is 0.121. The largest absolute Gasteiger partial charge is 0.300 e. The molecule has 0 unspecified atom stereocenters. The van der Waals surface area contributed by atoms with Crippen molar-refractivity contribution in [3.63, 3.8) is 0 Å². The van der Waals surface area contributed by atoms with E-state index >= 15 is 0 Å². The highest BCUT2D eigenvalue weighted by Crippen LogP contribution is 2.21. The second-order valence-corrected chi connectivity index (χ2v) is 6.27. The molecular formula is C21H15ClN2O. The van der Waals surface area contributed by atoms with Crippen molar-refractivity contribution >= 4 is 22.6 Å². The van der Waals surface area contributed by atoms with Crippen LogP contribution in [0.2, 0.25) is 5.02 Å². The third-order valence-electron chi connectivity index (χ3n) is 4.13. The predicted octanol–water partition coefficient (Wildman–Crippen LogP) is 4.77. The third kappa shape index (κ3) is 3.06. The number of hydrogen-bond acceptors (Lipinski definition) is 2. The van der Waals surface area contributed by atoms with Gasteiger partial charge in [-0.15, -0.1) is 0 Å². The molecule has 25 heavy (non-hydrogen) atoms. The lowest BCUT2D eigenvalue weighted by Gasteiger charge is -2.12. The minimum atomic E-state index is -0.121. The van der Waals surface area contributed by atoms with Crippen molar-refractivity contribution in [3.8, 4) is 11.3 Å². The molecule has 0 saturated carbocycles. The fourth-order valence-corrected chi connectivity index (χ4v) is 3.13. The molecule has 3 nitrogen and oxygen atoms in total. The van der Waals surface area contributed by atoms with Crippen LogP contribution in [0.4, 0.5) is 0 Å². The Bertz CT molecular complexity index is 1100. The third-order valence-corrected chi connectivity index (χ3v) is 4.37. The van der Waals surface area contributed by atoms with Crippen molar-refractivity contribution in [2.75, 3.05) is 0 Å². The van der Waals surface area contributed by atoms with Crippen LogP contribution in [0.15, 0.2) is 83.7 Å². The van der Waals surface area contributed by atoms with E-state index < -0.39 is 0 Å². The Morgan fingerprint density at radius 1 is 0.880 bits per heavy atom. The van der Waals surface area contributed by atoms with E-state index in [9.17, 15) is 4.79 Å². The smallest absolute Gasteiger partial charge is 0.277 e. The molecule has 0 saturated heterocycles. The molecule has 1 heterocycles. The highest BCUT2D eigenvalue weighted by molar-refractivity contribution is 6.30. The first kappa shape index (κ1) is 15.6. The van der Waals surface area contributed by atoms with Gasteiger partial charge in [-0.3, -0.25) is 4.79 Å². The summed E-state index contributed by atoms with van der Waals surface area (Å²) in [5, 5.41) is 0.585. The van der Waals surface area contributed by atoms with E-state index in [2.05, 4.69) is 4.98 Å². The van der Waals surface area contributed by atoms with Gasteiger partial charge in [-0.2, -0.15) is 0 Å². The van der Waals surface area contributed by atoms with E-state index in [0.29, 0.717) is 17.3 Å². The Morgan fingerprint density at radius 3 is 2.44 bits per heavy atom. The van der Waals surface area contributed by atoms with Gasteiger partial charge in [0.05, 0.1) is 17.6 Å². The molecule has 4 rings (SSSR count). The molecule has 0 fully saturated rings. The number of rotatable bonds is 3. The van der Waals surface area contributed by atoms with Gasteiger partial charge in [-0.25, -0.2) is 4.98 Å². The number of nitrogens with zero attached hydrogens (tertiary/aromatic N) is 2. The van der Waals surface area contributed by atoms with Gasteiger partial charge in [-0.1, -0.05) is 66.2 Å². The molecule has 1 aromatic heterocycles. The van der Waals surface area contributed by atoms with Gasteiger partial charge in [-0.05, 0) is 29.8 Å². The summed E-state index contributed by atoms with van der Waals surface area (Å²) in [4.78, 5) is 17.8. The van der Waals surface area contributed by atoms with Gasteiger partial charge in [0.1, 0.15) is 5.69 Å². The summed E-state index contributed by atoms with van der Waals surface area (Å²) >= 11 is 6.10.